The van der Waals surface area contributed by atoms with Crippen molar-refractivity contribution in [2.45, 2.75) is 16.2 Å². The van der Waals surface area contributed by atoms with E-state index in [4.69, 9.17) is 0 Å². The molecule has 10 heteroatoms. The van der Waals surface area contributed by atoms with Crippen molar-refractivity contribution in [2.24, 2.45) is 0 Å². The smallest absolute Gasteiger partial charge is 0.265 e. The van der Waals surface area contributed by atoms with Crippen molar-refractivity contribution in [1.82, 2.24) is 20.0 Å². The van der Waals surface area contributed by atoms with Crippen LogP contribution in [0.2, 0.25) is 0 Å². The molecule has 31 heavy (non-hydrogen) atoms. The first-order chi connectivity index (χ1) is 15.1. The van der Waals surface area contributed by atoms with Crippen LogP contribution in [0.3, 0.4) is 0 Å². The molecule has 0 fully saturated rings. The van der Waals surface area contributed by atoms with E-state index in [0.717, 1.165) is 30.8 Å². The Balaban J connectivity index is 1.45. The van der Waals surface area contributed by atoms with Gasteiger partial charge in [0, 0.05) is 10.3 Å². The molecule has 5 rings (SSSR count). The summed E-state index contributed by atoms with van der Waals surface area (Å²) in [6.45, 7) is 1.89. The summed E-state index contributed by atoms with van der Waals surface area (Å²) in [5, 5.41) is 16.4. The van der Waals surface area contributed by atoms with Gasteiger partial charge in [-0.1, -0.05) is 35.2 Å². The lowest BCUT2D eigenvalue weighted by Crippen LogP contribution is -2.10. The van der Waals surface area contributed by atoms with Gasteiger partial charge >= 0.3 is 0 Å². The summed E-state index contributed by atoms with van der Waals surface area (Å²) in [5.41, 5.74) is 3.93. The number of hydrogen-bond acceptors (Lipinski definition) is 7. The van der Waals surface area contributed by atoms with Crippen LogP contribution in [0.25, 0.3) is 15.9 Å². The second-order valence-corrected chi connectivity index (χ2v) is 9.71. The number of rotatable bonds is 5. The fourth-order valence-electron chi connectivity index (χ4n) is 3.06. The van der Waals surface area contributed by atoms with E-state index in [1.807, 2.05) is 37.3 Å². The fourth-order valence-corrected chi connectivity index (χ4v) is 5.66. The molecule has 0 spiro atoms. The van der Waals surface area contributed by atoms with Crippen molar-refractivity contribution in [2.75, 3.05) is 5.32 Å². The number of hydrogen-bond donors (Lipinski definition) is 1. The zero-order valence-electron chi connectivity index (χ0n) is 16.1. The predicted octanol–water partition coefficient (Wildman–Crippen LogP) is 5.79. The average molecular weight is 468 g/mol. The van der Waals surface area contributed by atoms with E-state index < -0.39 is 0 Å². The summed E-state index contributed by atoms with van der Waals surface area (Å²) in [6, 6.07) is 15.6. The van der Waals surface area contributed by atoms with Crippen LogP contribution in [-0.4, -0.2) is 25.9 Å². The van der Waals surface area contributed by atoms with Gasteiger partial charge in [0.1, 0.15) is 16.2 Å². The first kappa shape index (κ1) is 19.9. The molecule has 2 aromatic carbocycles. The number of amides is 1. The molecule has 0 aliphatic rings. The molecule has 1 N–H and O–H groups in total. The van der Waals surface area contributed by atoms with Gasteiger partial charge < -0.3 is 5.32 Å². The average Bonchev–Trinajstić information content (AvgIpc) is 3.49. The first-order valence-electron chi connectivity index (χ1n) is 9.18. The van der Waals surface area contributed by atoms with Crippen molar-refractivity contribution in [1.29, 1.82) is 0 Å². The monoisotopic (exact) mass is 467 g/mol. The van der Waals surface area contributed by atoms with Crippen molar-refractivity contribution in [3.63, 3.8) is 0 Å². The molecule has 3 heterocycles. The second-order valence-electron chi connectivity index (χ2n) is 6.56. The quantitative estimate of drug-likeness (QED) is 0.354. The fraction of sp³-hybridized carbons (Fsp3) is 0.0476. The zero-order chi connectivity index (χ0) is 21.4. The molecule has 3 aromatic heterocycles. The molecular weight excluding hydrogens is 453 g/mol. The van der Waals surface area contributed by atoms with E-state index in [2.05, 4.69) is 20.6 Å². The lowest BCUT2D eigenvalue weighted by Gasteiger charge is -2.08. The molecule has 5 aromatic rings. The highest BCUT2D eigenvalue weighted by Crippen LogP contribution is 2.35. The number of aryl methyl sites for hydroxylation is 1. The third-order valence-corrected chi connectivity index (χ3v) is 7.48. The Hall–Kier alpha value is -3.08. The van der Waals surface area contributed by atoms with Gasteiger partial charge in [-0.2, -0.15) is 5.10 Å². The van der Waals surface area contributed by atoms with Crippen LogP contribution >= 0.6 is 34.4 Å². The summed E-state index contributed by atoms with van der Waals surface area (Å²) >= 11 is 4.25. The molecule has 0 aliphatic heterocycles. The number of anilines is 1. The number of carbonyl (C=O) groups is 1. The Kier molecular flexibility index (Phi) is 5.26. The lowest BCUT2D eigenvalue weighted by atomic mass is 10.3. The Labute approximate surface area is 188 Å². The van der Waals surface area contributed by atoms with Crippen molar-refractivity contribution < 1.29 is 9.18 Å². The molecular formula is C21H14FN5OS3. The Morgan fingerprint density at radius 2 is 1.97 bits per heavy atom. The number of benzene rings is 2. The van der Waals surface area contributed by atoms with Gasteiger partial charge in [0.05, 0.1) is 21.9 Å². The Bertz CT molecular complexity index is 1380. The highest BCUT2D eigenvalue weighted by Gasteiger charge is 2.18. The molecule has 0 saturated heterocycles. The lowest BCUT2D eigenvalue weighted by molar-refractivity contribution is 0.103. The number of fused-ring (bicyclic) bond motifs is 1. The number of aromatic nitrogens is 4. The van der Waals surface area contributed by atoms with Gasteiger partial charge in [0.25, 0.3) is 5.91 Å². The normalized spacial score (nSPS) is 11.2. The molecule has 6 nitrogen and oxygen atoms in total. The largest absolute Gasteiger partial charge is 0.320 e. The minimum absolute atomic E-state index is 0.198. The zero-order valence-corrected chi connectivity index (χ0v) is 18.5. The number of nitrogens with zero attached hydrogens (tertiary/aromatic N) is 4. The maximum atomic E-state index is 13.3. The number of para-hydroxylation sites is 1. The van der Waals surface area contributed by atoms with Crippen LogP contribution in [0.5, 0.6) is 0 Å². The molecule has 0 unspecified atom stereocenters. The first-order valence-corrected chi connectivity index (χ1v) is 11.7. The van der Waals surface area contributed by atoms with E-state index in [0.29, 0.717) is 10.6 Å². The number of carbonyl (C=O) groups excluding carboxylic acids is 1. The number of thiophene rings is 1. The summed E-state index contributed by atoms with van der Waals surface area (Å²) in [6.07, 6.45) is 0. The highest BCUT2D eigenvalue weighted by molar-refractivity contribution is 8.01. The minimum Gasteiger partial charge on any atom is -0.320 e. The molecule has 0 atom stereocenters. The second kappa shape index (κ2) is 8.22. The summed E-state index contributed by atoms with van der Waals surface area (Å²) in [7, 11) is 0. The van der Waals surface area contributed by atoms with E-state index in [1.54, 1.807) is 22.3 Å². The predicted molar refractivity (Wildman–Crippen MR) is 122 cm³/mol. The molecule has 0 saturated carbocycles. The van der Waals surface area contributed by atoms with Crippen LogP contribution in [0.1, 0.15) is 15.4 Å². The Morgan fingerprint density at radius 3 is 2.74 bits per heavy atom. The highest BCUT2D eigenvalue weighted by atomic mass is 32.2. The van der Waals surface area contributed by atoms with Crippen LogP contribution in [0.4, 0.5) is 10.1 Å². The number of nitrogens with one attached hydrogen (secondary N) is 1. The molecule has 0 bridgehead atoms. The van der Waals surface area contributed by atoms with Crippen molar-refractivity contribution in [3.05, 3.63) is 76.5 Å². The van der Waals surface area contributed by atoms with Crippen LogP contribution in [-0.2, 0) is 0 Å². The van der Waals surface area contributed by atoms with Gasteiger partial charge in [0.15, 0.2) is 4.34 Å². The maximum Gasteiger partial charge on any atom is 0.265 e. The van der Waals surface area contributed by atoms with Gasteiger partial charge in [-0.05, 0) is 49.4 Å². The maximum absolute atomic E-state index is 13.3. The van der Waals surface area contributed by atoms with Crippen molar-refractivity contribution in [3.8, 4) is 5.69 Å². The van der Waals surface area contributed by atoms with Crippen LogP contribution in [0.15, 0.2) is 69.3 Å². The van der Waals surface area contributed by atoms with Crippen molar-refractivity contribution >= 4 is 56.2 Å². The van der Waals surface area contributed by atoms with Gasteiger partial charge in [-0.25, -0.2) is 9.07 Å². The van der Waals surface area contributed by atoms with E-state index in [1.165, 1.54) is 46.6 Å². The molecule has 0 aliphatic carbocycles. The topological polar surface area (TPSA) is 72.7 Å². The van der Waals surface area contributed by atoms with E-state index in [-0.39, 0.29) is 11.7 Å². The SMILES string of the molecule is Cc1nn(-c2ccc(F)cc2)c2sc(C(=O)Nc3ccccc3Sc3nncs3)cc12. The summed E-state index contributed by atoms with van der Waals surface area (Å²) < 4.78 is 15.8. The molecule has 1 amide bonds. The third kappa shape index (κ3) is 3.97. The number of halogens is 1. The standard InChI is InChI=1S/C21H14FN5OS3/c1-12-15-10-18(30-20(15)27(26-12)14-8-6-13(22)7-9-14)19(28)24-16-4-2-3-5-17(16)31-21-25-23-11-29-21/h2-11H,1H3,(H,24,28). The van der Waals surface area contributed by atoms with Gasteiger partial charge in [-0.3, -0.25) is 4.79 Å². The van der Waals surface area contributed by atoms with E-state index >= 15 is 0 Å². The Morgan fingerprint density at radius 1 is 1.16 bits per heavy atom. The third-order valence-electron chi connectivity index (χ3n) is 4.51. The summed E-state index contributed by atoms with van der Waals surface area (Å²) in [5.74, 6) is -0.503. The molecule has 154 valence electrons. The minimum atomic E-state index is -0.305. The van der Waals surface area contributed by atoms with Gasteiger partial charge in [0.2, 0.25) is 0 Å². The van der Waals surface area contributed by atoms with Gasteiger partial charge in [-0.15, -0.1) is 21.5 Å². The summed E-state index contributed by atoms with van der Waals surface area (Å²) in [4.78, 5) is 15.3. The van der Waals surface area contributed by atoms with E-state index in [9.17, 15) is 9.18 Å². The van der Waals surface area contributed by atoms with Crippen LogP contribution in [0, 0.1) is 12.7 Å². The molecule has 0 radical (unpaired) electrons. The van der Waals surface area contributed by atoms with Crippen LogP contribution < -0.4 is 5.32 Å².